The fourth-order valence-electron chi connectivity index (χ4n) is 0.487. The number of rotatable bonds is 0. The molecule has 0 amide bonds. The van der Waals surface area contributed by atoms with Crippen LogP contribution in [0.5, 0.6) is 5.88 Å². The van der Waals surface area contributed by atoms with E-state index in [2.05, 4.69) is 9.97 Å². The molecule has 1 aromatic heterocycles. The molecule has 0 bridgehead atoms. The fourth-order valence-corrected chi connectivity index (χ4v) is 0.487. The highest BCUT2D eigenvalue weighted by Crippen LogP contribution is 2.08. The number of nitrogens with zero attached hydrogens (tertiary/aromatic N) is 1. The zero-order valence-corrected chi connectivity index (χ0v) is 7.89. The van der Waals surface area contributed by atoms with Gasteiger partial charge in [0.25, 0.3) is 5.56 Å². The Balaban J connectivity index is 0.000000336. The molecule has 1 aromatic rings. The normalized spacial score (nSPS) is 10.3. The van der Waals surface area contributed by atoms with Crippen LogP contribution < -0.4 is 17.0 Å². The average Bonchev–Trinajstić information content (AvgIpc) is 1.96. The summed E-state index contributed by atoms with van der Waals surface area (Å²) in [4.78, 5) is 16.0. The second kappa shape index (κ2) is 4.59. The molecule has 10 nitrogen and oxygen atoms in total. The van der Waals surface area contributed by atoms with E-state index < -0.39 is 21.8 Å². The van der Waals surface area contributed by atoms with Crippen LogP contribution in [0.25, 0.3) is 0 Å². The molecular weight excluding hydrogens is 232 g/mol. The van der Waals surface area contributed by atoms with E-state index in [1.165, 1.54) is 0 Å². The molecule has 0 radical (unpaired) electrons. The van der Waals surface area contributed by atoms with Crippen LogP contribution in [0.4, 0.5) is 11.6 Å². The van der Waals surface area contributed by atoms with E-state index in [9.17, 15) is 4.79 Å². The van der Waals surface area contributed by atoms with E-state index in [-0.39, 0.29) is 11.6 Å². The Morgan fingerprint density at radius 3 is 2.00 bits per heavy atom. The minimum absolute atomic E-state index is 0.156. The van der Waals surface area contributed by atoms with Gasteiger partial charge in [-0.3, -0.25) is 18.9 Å². The predicted molar refractivity (Wildman–Crippen MR) is 49.5 cm³/mol. The van der Waals surface area contributed by atoms with Gasteiger partial charge < -0.3 is 16.6 Å². The van der Waals surface area contributed by atoms with Crippen molar-refractivity contribution in [2.24, 2.45) is 0 Å². The number of aromatic hydroxyl groups is 1. The molecule has 0 saturated carbocycles. The molecule has 1 heterocycles. The standard InChI is InChI=1S/C4H6N4O2.H2O4S/c5-1-2(9)7-4(6)8-3(1)10;1-5(2,3)4/h5H2,(H4,6,7,8,9,10);(H2,1,2,3,4). The van der Waals surface area contributed by atoms with E-state index in [0.29, 0.717) is 0 Å². The number of aromatic nitrogens is 2. The third-order valence-corrected chi connectivity index (χ3v) is 0.953. The molecule has 11 heteroatoms. The molecule has 0 aliphatic heterocycles. The van der Waals surface area contributed by atoms with Crippen molar-refractivity contribution in [1.82, 2.24) is 9.97 Å². The van der Waals surface area contributed by atoms with Crippen molar-refractivity contribution < 1.29 is 22.6 Å². The van der Waals surface area contributed by atoms with Gasteiger partial charge in [0.15, 0.2) is 5.69 Å². The van der Waals surface area contributed by atoms with Crippen LogP contribution >= 0.6 is 0 Å². The van der Waals surface area contributed by atoms with Gasteiger partial charge in [0.05, 0.1) is 0 Å². The van der Waals surface area contributed by atoms with Crippen LogP contribution in [0, 0.1) is 0 Å². The zero-order chi connectivity index (χ0) is 12.2. The lowest BCUT2D eigenvalue weighted by atomic mass is 10.5. The largest absolute Gasteiger partial charge is 0.492 e. The highest BCUT2D eigenvalue weighted by molar-refractivity contribution is 7.79. The van der Waals surface area contributed by atoms with Gasteiger partial charge in [-0.05, 0) is 0 Å². The molecule has 8 N–H and O–H groups in total. The molecule has 86 valence electrons. The summed E-state index contributed by atoms with van der Waals surface area (Å²) in [6.45, 7) is 0. The maximum absolute atomic E-state index is 10.6. The first-order chi connectivity index (χ1) is 6.61. The third kappa shape index (κ3) is 6.25. The van der Waals surface area contributed by atoms with E-state index >= 15 is 0 Å². The quantitative estimate of drug-likeness (QED) is 0.278. The summed E-state index contributed by atoms with van der Waals surface area (Å²) in [7, 11) is -4.67. The van der Waals surface area contributed by atoms with Gasteiger partial charge in [-0.25, -0.2) is 0 Å². The van der Waals surface area contributed by atoms with Crippen molar-refractivity contribution in [1.29, 1.82) is 0 Å². The highest BCUT2D eigenvalue weighted by Gasteiger charge is 2.02. The van der Waals surface area contributed by atoms with Crippen LogP contribution in [-0.4, -0.2) is 32.6 Å². The minimum atomic E-state index is -4.67. The van der Waals surface area contributed by atoms with Gasteiger partial charge in [0.2, 0.25) is 11.8 Å². The molecule has 0 unspecified atom stereocenters. The lowest BCUT2D eigenvalue weighted by molar-refractivity contribution is 0.381. The lowest BCUT2D eigenvalue weighted by Gasteiger charge is -1.95. The summed E-state index contributed by atoms with van der Waals surface area (Å²) < 4.78 is 31.6. The van der Waals surface area contributed by atoms with Gasteiger partial charge in [-0.15, -0.1) is 0 Å². The topological polar surface area (TPSA) is 193 Å². The SMILES string of the molecule is Nc1nc(O)c(N)c(=O)[nH]1.O=S(=O)(O)O. The smallest absolute Gasteiger partial charge is 0.394 e. The van der Waals surface area contributed by atoms with Crippen LogP contribution in [-0.2, 0) is 10.4 Å². The van der Waals surface area contributed by atoms with E-state index in [4.69, 9.17) is 34.1 Å². The summed E-state index contributed by atoms with van der Waals surface area (Å²) in [6, 6.07) is 0. The van der Waals surface area contributed by atoms with E-state index in [0.717, 1.165) is 0 Å². The van der Waals surface area contributed by atoms with E-state index in [1.54, 1.807) is 0 Å². The predicted octanol–water partition coefficient (Wildman–Crippen LogP) is -2.01. The van der Waals surface area contributed by atoms with Crippen molar-refractivity contribution in [3.63, 3.8) is 0 Å². The Morgan fingerprint density at radius 1 is 1.27 bits per heavy atom. The van der Waals surface area contributed by atoms with Gasteiger partial charge in [0, 0.05) is 0 Å². The number of nitrogens with one attached hydrogen (secondary N) is 1. The highest BCUT2D eigenvalue weighted by atomic mass is 32.3. The average molecular weight is 240 g/mol. The van der Waals surface area contributed by atoms with Crippen molar-refractivity contribution in [2.75, 3.05) is 11.5 Å². The number of nitrogens with two attached hydrogens (primary N) is 2. The Labute approximate surface area is 83.1 Å². The molecule has 0 fully saturated rings. The van der Waals surface area contributed by atoms with Gasteiger partial charge in [0.1, 0.15) is 0 Å². The Hall–Kier alpha value is -1.85. The van der Waals surface area contributed by atoms with Gasteiger partial charge in [-0.1, -0.05) is 0 Å². The third-order valence-electron chi connectivity index (χ3n) is 0.953. The van der Waals surface area contributed by atoms with Crippen molar-refractivity contribution in [3.05, 3.63) is 10.4 Å². The summed E-state index contributed by atoms with van der Waals surface area (Å²) in [6.07, 6.45) is 0. The summed E-state index contributed by atoms with van der Waals surface area (Å²) in [5.41, 5.74) is 9.13. The number of H-pyrrole nitrogens is 1. The van der Waals surface area contributed by atoms with Crippen molar-refractivity contribution in [3.8, 4) is 5.88 Å². The molecule has 0 aliphatic carbocycles. The Morgan fingerprint density at radius 2 is 1.67 bits per heavy atom. The maximum atomic E-state index is 10.6. The van der Waals surface area contributed by atoms with Gasteiger partial charge in [-0.2, -0.15) is 13.4 Å². The summed E-state index contributed by atoms with van der Waals surface area (Å²) in [5.74, 6) is -0.696. The molecule has 0 aromatic carbocycles. The number of nitrogen functional groups attached to an aromatic ring is 2. The molecule has 1 rings (SSSR count). The van der Waals surface area contributed by atoms with Crippen molar-refractivity contribution >= 4 is 22.0 Å². The first kappa shape index (κ1) is 13.2. The van der Waals surface area contributed by atoms with Crippen LogP contribution in [0.15, 0.2) is 4.79 Å². The van der Waals surface area contributed by atoms with Crippen molar-refractivity contribution in [2.45, 2.75) is 0 Å². The second-order valence-electron chi connectivity index (χ2n) is 2.14. The molecule has 0 aliphatic rings. The molecule has 0 atom stereocenters. The van der Waals surface area contributed by atoms with E-state index in [1.807, 2.05) is 0 Å². The fraction of sp³-hybridized carbons (Fsp3) is 0. The molecule has 0 spiro atoms. The number of aromatic amines is 1. The number of hydrogen-bond acceptors (Lipinski definition) is 7. The number of anilines is 2. The van der Waals surface area contributed by atoms with Crippen LogP contribution in [0.1, 0.15) is 0 Å². The maximum Gasteiger partial charge on any atom is 0.394 e. The Bertz CT molecular complexity index is 484. The Kier molecular flexibility index (Phi) is 4.02. The minimum Gasteiger partial charge on any atom is -0.492 e. The summed E-state index contributed by atoms with van der Waals surface area (Å²) in [5, 5.41) is 8.74. The van der Waals surface area contributed by atoms with Crippen LogP contribution in [0.2, 0.25) is 0 Å². The zero-order valence-electron chi connectivity index (χ0n) is 7.08. The summed E-state index contributed by atoms with van der Waals surface area (Å²) >= 11 is 0. The van der Waals surface area contributed by atoms with Crippen LogP contribution in [0.3, 0.4) is 0 Å². The first-order valence-electron chi connectivity index (χ1n) is 3.15. The molecular formula is C4H8N4O6S. The molecule has 0 saturated heterocycles. The number of hydrogen-bond donors (Lipinski definition) is 6. The first-order valence-corrected chi connectivity index (χ1v) is 4.55. The monoisotopic (exact) mass is 240 g/mol. The second-order valence-corrected chi connectivity index (χ2v) is 3.03. The molecule has 15 heavy (non-hydrogen) atoms. The van der Waals surface area contributed by atoms with Gasteiger partial charge >= 0.3 is 10.4 Å². The lowest BCUT2D eigenvalue weighted by Crippen LogP contribution is -2.14.